The number of aliphatic hydroxyl groups is 1. The number of hydrogen-bond donors (Lipinski definition) is 3. The van der Waals surface area contributed by atoms with Crippen LogP contribution in [-0.4, -0.2) is 68.7 Å². The van der Waals surface area contributed by atoms with Gasteiger partial charge in [0.15, 0.2) is 0 Å². The summed E-state index contributed by atoms with van der Waals surface area (Å²) >= 11 is 12.3. The Bertz CT molecular complexity index is 1370. The first-order chi connectivity index (χ1) is 18.8. The Morgan fingerprint density at radius 2 is 1.97 bits per heavy atom. The van der Waals surface area contributed by atoms with Crippen molar-refractivity contribution in [3.8, 4) is 11.3 Å². The molecule has 2 aliphatic heterocycles. The first-order valence-corrected chi connectivity index (χ1v) is 13.4. The summed E-state index contributed by atoms with van der Waals surface area (Å²) in [7, 11) is 0. The maximum Gasteiger partial charge on any atom is 0.255 e. The maximum absolute atomic E-state index is 13.4. The number of aromatic nitrogens is 3. The summed E-state index contributed by atoms with van der Waals surface area (Å²) in [5, 5.41) is 16.7. The highest BCUT2D eigenvalue weighted by atomic mass is 35.5. The molecule has 3 aromatic rings. The fourth-order valence-electron chi connectivity index (χ4n) is 4.69. The highest BCUT2D eigenvalue weighted by molar-refractivity contribution is 6.33. The molecule has 0 saturated carbocycles. The Balaban J connectivity index is 1.30. The van der Waals surface area contributed by atoms with Gasteiger partial charge in [-0.25, -0.2) is 9.97 Å². The molecule has 2 aliphatic rings. The van der Waals surface area contributed by atoms with Crippen LogP contribution in [0.4, 0.5) is 5.95 Å². The van der Waals surface area contributed by atoms with Crippen LogP contribution in [0.3, 0.4) is 0 Å². The Hall–Kier alpha value is -3.31. The number of nitrogens with zero attached hydrogens (tertiary/aromatic N) is 4. The van der Waals surface area contributed by atoms with Gasteiger partial charge in [-0.3, -0.25) is 14.6 Å². The summed E-state index contributed by atoms with van der Waals surface area (Å²) in [6.45, 7) is 2.96. The van der Waals surface area contributed by atoms with Gasteiger partial charge >= 0.3 is 0 Å². The third-order valence-corrected chi connectivity index (χ3v) is 7.47. The molecule has 1 aromatic carbocycles. The molecule has 0 bridgehead atoms. The van der Waals surface area contributed by atoms with Crippen molar-refractivity contribution in [2.75, 3.05) is 25.1 Å². The van der Waals surface area contributed by atoms with Crippen molar-refractivity contribution < 1.29 is 19.4 Å². The van der Waals surface area contributed by atoms with E-state index in [1.807, 2.05) is 12.1 Å². The lowest BCUT2D eigenvalue weighted by molar-refractivity contribution is -0.126. The zero-order chi connectivity index (χ0) is 27.5. The van der Waals surface area contributed by atoms with Crippen molar-refractivity contribution in [2.24, 2.45) is 0 Å². The number of nitrogens with one attached hydrogen (secondary N) is 2. The highest BCUT2D eigenvalue weighted by Gasteiger charge is 2.35. The molecule has 1 fully saturated rings. The summed E-state index contributed by atoms with van der Waals surface area (Å²) in [4.78, 5) is 41.0. The number of pyridine rings is 1. The molecule has 0 aliphatic carbocycles. The van der Waals surface area contributed by atoms with Crippen molar-refractivity contribution in [1.29, 1.82) is 0 Å². The number of anilines is 1. The summed E-state index contributed by atoms with van der Waals surface area (Å²) in [6.07, 6.45) is 4.73. The second kappa shape index (κ2) is 11.8. The van der Waals surface area contributed by atoms with E-state index in [0.717, 1.165) is 18.4 Å². The van der Waals surface area contributed by atoms with Gasteiger partial charge in [-0.1, -0.05) is 35.3 Å². The zero-order valence-corrected chi connectivity index (χ0v) is 22.7. The largest absolute Gasteiger partial charge is 0.394 e. The molecule has 0 spiro atoms. The molecule has 2 aromatic heterocycles. The molecule has 3 N–H and O–H groups in total. The van der Waals surface area contributed by atoms with E-state index >= 15 is 0 Å². The second-order valence-electron chi connectivity index (χ2n) is 9.55. The molecule has 5 rings (SSSR count). The molecule has 1 saturated heterocycles. The lowest BCUT2D eigenvalue weighted by Gasteiger charge is -2.25. The number of carbonyl (C=O) groups excluding carboxylic acids is 2. The van der Waals surface area contributed by atoms with Gasteiger partial charge in [0, 0.05) is 43.1 Å². The van der Waals surface area contributed by atoms with E-state index in [1.165, 1.54) is 11.1 Å². The molecule has 10 nitrogen and oxygen atoms in total. The monoisotopic (exact) mass is 570 g/mol. The maximum atomic E-state index is 13.4. The molecular weight excluding hydrogens is 543 g/mol. The lowest BCUT2D eigenvalue weighted by atomic mass is 10.0. The Kier molecular flexibility index (Phi) is 8.27. The third-order valence-electron chi connectivity index (χ3n) is 6.97. The van der Waals surface area contributed by atoms with Crippen LogP contribution in [0.25, 0.3) is 11.3 Å². The smallest absolute Gasteiger partial charge is 0.255 e. The summed E-state index contributed by atoms with van der Waals surface area (Å²) in [5.74, 6) is -0.214. The molecule has 12 heteroatoms. The number of ether oxygens (including phenoxy) is 1. The van der Waals surface area contributed by atoms with Crippen LogP contribution in [0.2, 0.25) is 10.0 Å². The Morgan fingerprint density at radius 3 is 2.69 bits per heavy atom. The van der Waals surface area contributed by atoms with Crippen LogP contribution in [-0.2, 0) is 16.1 Å². The fraction of sp³-hybridized carbons (Fsp3) is 0.370. The topological polar surface area (TPSA) is 130 Å². The highest BCUT2D eigenvalue weighted by Crippen LogP contribution is 2.32. The molecular formula is C27H28Cl2N6O4. The third kappa shape index (κ3) is 5.99. The first kappa shape index (κ1) is 27.3. The minimum absolute atomic E-state index is 0.219. The average molecular weight is 571 g/mol. The summed E-state index contributed by atoms with van der Waals surface area (Å²) < 4.78 is 5.41. The minimum atomic E-state index is -0.785. The first-order valence-electron chi connectivity index (χ1n) is 12.7. The molecule has 0 radical (unpaired) electrons. The van der Waals surface area contributed by atoms with Gasteiger partial charge in [0.2, 0.25) is 11.9 Å². The number of rotatable bonds is 8. The molecule has 4 heterocycles. The molecule has 39 heavy (non-hydrogen) atoms. The summed E-state index contributed by atoms with van der Waals surface area (Å²) in [6, 6.07) is 7.44. The number of fused-ring (bicyclic) bond motifs is 1. The van der Waals surface area contributed by atoms with Gasteiger partial charge in [-0.15, -0.1) is 0 Å². The number of amides is 2. The molecule has 2 amide bonds. The molecule has 0 unspecified atom stereocenters. The van der Waals surface area contributed by atoms with E-state index in [-0.39, 0.29) is 25.1 Å². The van der Waals surface area contributed by atoms with E-state index in [0.29, 0.717) is 51.7 Å². The van der Waals surface area contributed by atoms with E-state index in [1.54, 1.807) is 31.3 Å². The Morgan fingerprint density at radius 1 is 1.18 bits per heavy atom. The number of halogens is 2. The quantitative estimate of drug-likeness (QED) is 0.374. The molecule has 2 atom stereocenters. The fourth-order valence-corrected chi connectivity index (χ4v) is 5.00. The predicted molar refractivity (Wildman–Crippen MR) is 146 cm³/mol. The van der Waals surface area contributed by atoms with Crippen LogP contribution >= 0.6 is 23.2 Å². The van der Waals surface area contributed by atoms with Gasteiger partial charge in [-0.2, -0.15) is 0 Å². The van der Waals surface area contributed by atoms with Crippen LogP contribution in [0.15, 0.2) is 42.7 Å². The van der Waals surface area contributed by atoms with E-state index in [4.69, 9.17) is 27.9 Å². The van der Waals surface area contributed by atoms with Crippen LogP contribution in [0.1, 0.15) is 47.4 Å². The predicted octanol–water partition coefficient (Wildman–Crippen LogP) is 3.63. The standard InChI is InChI=1S/C27H28Cl2N6O4/c1-15(25(37)33-23(14-36)22-5-4-18(28)11-30-22)35-13-17-3-2-16(10-20(17)26(35)38)24-21(29)12-31-27(34-24)32-19-6-8-39-9-7-19/h2-5,10-12,15,19,23,36H,6-9,13-14H2,1H3,(H,33,37)(H,31,32,34)/t15-,23-/m1/s1. The number of carbonyl (C=O) groups is 2. The number of aliphatic hydroxyl groups excluding tert-OH is 1. The van der Waals surface area contributed by atoms with Gasteiger partial charge < -0.3 is 25.4 Å². The van der Waals surface area contributed by atoms with Crippen LogP contribution in [0.5, 0.6) is 0 Å². The molecule has 204 valence electrons. The van der Waals surface area contributed by atoms with Gasteiger partial charge in [0.05, 0.1) is 40.3 Å². The van der Waals surface area contributed by atoms with Crippen molar-refractivity contribution in [3.63, 3.8) is 0 Å². The van der Waals surface area contributed by atoms with Gasteiger partial charge in [0.1, 0.15) is 6.04 Å². The number of benzene rings is 1. The van der Waals surface area contributed by atoms with E-state index in [9.17, 15) is 14.7 Å². The van der Waals surface area contributed by atoms with Crippen molar-refractivity contribution in [1.82, 2.24) is 25.2 Å². The van der Waals surface area contributed by atoms with Crippen LogP contribution in [0, 0.1) is 0 Å². The van der Waals surface area contributed by atoms with Crippen molar-refractivity contribution in [3.05, 3.63) is 69.6 Å². The van der Waals surface area contributed by atoms with E-state index in [2.05, 4.69) is 25.6 Å². The lowest BCUT2D eigenvalue weighted by Crippen LogP contribution is -2.46. The Labute approximate surface area is 235 Å². The van der Waals surface area contributed by atoms with Crippen molar-refractivity contribution >= 4 is 41.0 Å². The second-order valence-corrected chi connectivity index (χ2v) is 10.4. The van der Waals surface area contributed by atoms with Crippen LogP contribution < -0.4 is 10.6 Å². The zero-order valence-electron chi connectivity index (χ0n) is 21.2. The van der Waals surface area contributed by atoms with Crippen molar-refractivity contribution in [2.45, 2.75) is 44.4 Å². The SMILES string of the molecule is C[C@H](C(=O)N[C@H](CO)c1ccc(Cl)cn1)N1Cc2ccc(-c3nc(NC4CCOCC4)ncc3Cl)cc2C1=O. The van der Waals surface area contributed by atoms with Gasteiger partial charge in [0.25, 0.3) is 5.91 Å². The minimum Gasteiger partial charge on any atom is -0.394 e. The average Bonchev–Trinajstić information content (AvgIpc) is 3.28. The summed E-state index contributed by atoms with van der Waals surface area (Å²) in [5.41, 5.74) is 2.95. The number of hydrogen-bond acceptors (Lipinski definition) is 8. The van der Waals surface area contributed by atoms with E-state index < -0.39 is 18.0 Å². The normalized spacial score (nSPS) is 17.0. The van der Waals surface area contributed by atoms with Gasteiger partial charge in [-0.05, 0) is 43.5 Å².